The number of carbonyl (C=O) groups is 1. The van der Waals surface area contributed by atoms with Crippen LogP contribution in [-0.2, 0) is 21.5 Å². The minimum atomic E-state index is -3.58. The highest BCUT2D eigenvalue weighted by atomic mass is 32.2. The largest absolute Gasteiger partial charge is 0.382 e. The molecule has 1 saturated carbocycles. The van der Waals surface area contributed by atoms with Crippen LogP contribution >= 0.6 is 0 Å². The van der Waals surface area contributed by atoms with Crippen LogP contribution in [0.4, 0.5) is 0 Å². The summed E-state index contributed by atoms with van der Waals surface area (Å²) in [7, 11) is -3.58. The maximum Gasteiger partial charge on any atom is 0.311 e. The molecule has 0 unspecified atom stereocenters. The van der Waals surface area contributed by atoms with Gasteiger partial charge in [0.1, 0.15) is 5.75 Å². The van der Waals surface area contributed by atoms with Crippen molar-refractivity contribution in [2.24, 2.45) is 5.92 Å². The molecule has 24 heavy (non-hydrogen) atoms. The first-order valence-electron chi connectivity index (χ1n) is 8.50. The molecule has 2 rings (SSSR count). The Bertz CT molecular complexity index is 661. The van der Waals surface area contributed by atoms with Gasteiger partial charge in [0.15, 0.2) is 0 Å². The van der Waals surface area contributed by atoms with Crippen LogP contribution in [0.5, 0.6) is 5.75 Å². The number of hydrogen-bond donors (Lipinski definition) is 0. The van der Waals surface area contributed by atoms with Crippen molar-refractivity contribution in [2.45, 2.75) is 64.8 Å². The van der Waals surface area contributed by atoms with Crippen molar-refractivity contribution in [3.63, 3.8) is 0 Å². The van der Waals surface area contributed by atoms with E-state index in [2.05, 4.69) is 0 Å². The molecule has 0 aromatic heterocycles. The Hall–Kier alpha value is -1.56. The third-order valence-corrected chi connectivity index (χ3v) is 5.54. The van der Waals surface area contributed by atoms with Crippen LogP contribution in [0.3, 0.4) is 0 Å². The fourth-order valence-corrected chi connectivity index (χ4v) is 2.92. The number of carbonyl (C=O) groups excluding carboxylic acids is 1. The van der Waals surface area contributed by atoms with E-state index >= 15 is 0 Å². The zero-order valence-corrected chi connectivity index (χ0v) is 15.7. The summed E-state index contributed by atoms with van der Waals surface area (Å²) in [6.45, 7) is 7.82. The normalized spacial score (nSPS) is 14.9. The highest BCUT2D eigenvalue weighted by Crippen LogP contribution is 2.30. The molecule has 5 nitrogen and oxygen atoms in total. The topological polar surface area (TPSA) is 63.7 Å². The van der Waals surface area contributed by atoms with Crippen LogP contribution in [0, 0.1) is 5.92 Å². The van der Waals surface area contributed by atoms with Crippen LogP contribution < -0.4 is 4.18 Å². The summed E-state index contributed by atoms with van der Waals surface area (Å²) in [5.74, 6) is 0.838. The van der Waals surface area contributed by atoms with Gasteiger partial charge >= 0.3 is 10.1 Å². The summed E-state index contributed by atoms with van der Waals surface area (Å²) < 4.78 is 28.6. The Labute approximate surface area is 145 Å². The van der Waals surface area contributed by atoms with Gasteiger partial charge in [-0.2, -0.15) is 8.42 Å². The third-order valence-electron chi connectivity index (χ3n) is 3.96. The van der Waals surface area contributed by atoms with Gasteiger partial charge in [0.05, 0.1) is 5.25 Å². The molecule has 0 aliphatic heterocycles. The standard InChI is InChI=1S/C18H27NO4S/c1-13(2)11-18(20)19(16-7-8-16)12-15-5-9-17(10-6-15)23-24(21,22)14(3)4/h5-6,9-10,13-14,16H,7-8,11-12H2,1-4H3. The molecule has 0 bridgehead atoms. The van der Waals surface area contributed by atoms with Gasteiger partial charge in [0, 0.05) is 19.0 Å². The Morgan fingerprint density at radius 1 is 1.17 bits per heavy atom. The lowest BCUT2D eigenvalue weighted by atomic mass is 10.1. The van der Waals surface area contributed by atoms with Crippen LogP contribution in [0.15, 0.2) is 24.3 Å². The van der Waals surface area contributed by atoms with E-state index in [4.69, 9.17) is 4.18 Å². The zero-order valence-electron chi connectivity index (χ0n) is 14.9. The van der Waals surface area contributed by atoms with Gasteiger partial charge in [-0.15, -0.1) is 0 Å². The highest BCUT2D eigenvalue weighted by molar-refractivity contribution is 7.87. The predicted octanol–water partition coefficient (Wildman–Crippen LogP) is 3.34. The summed E-state index contributed by atoms with van der Waals surface area (Å²) >= 11 is 0. The molecular formula is C18H27NO4S. The van der Waals surface area contributed by atoms with Crippen molar-refractivity contribution in [2.75, 3.05) is 0 Å². The van der Waals surface area contributed by atoms with Crippen molar-refractivity contribution < 1.29 is 17.4 Å². The monoisotopic (exact) mass is 353 g/mol. The first-order chi connectivity index (χ1) is 11.2. The van der Waals surface area contributed by atoms with E-state index in [1.54, 1.807) is 26.0 Å². The minimum absolute atomic E-state index is 0.190. The van der Waals surface area contributed by atoms with Gasteiger partial charge in [-0.1, -0.05) is 26.0 Å². The molecular weight excluding hydrogens is 326 g/mol. The second kappa shape index (κ2) is 7.55. The van der Waals surface area contributed by atoms with Gasteiger partial charge in [-0.05, 0) is 50.3 Å². The summed E-state index contributed by atoms with van der Waals surface area (Å²) in [5, 5.41) is -0.587. The average Bonchev–Trinajstić information content (AvgIpc) is 3.29. The van der Waals surface area contributed by atoms with Crippen LogP contribution in [-0.4, -0.2) is 30.5 Å². The van der Waals surface area contributed by atoms with Crippen molar-refractivity contribution in [1.82, 2.24) is 4.90 Å². The Balaban J connectivity index is 2.03. The van der Waals surface area contributed by atoms with E-state index in [9.17, 15) is 13.2 Å². The molecule has 0 radical (unpaired) electrons. The van der Waals surface area contributed by atoms with Gasteiger partial charge in [-0.25, -0.2) is 0 Å². The van der Waals surface area contributed by atoms with Gasteiger partial charge < -0.3 is 9.08 Å². The molecule has 1 aromatic rings. The molecule has 0 saturated heterocycles. The molecule has 134 valence electrons. The van der Waals surface area contributed by atoms with Crippen molar-refractivity contribution in [3.05, 3.63) is 29.8 Å². The first-order valence-corrected chi connectivity index (χ1v) is 9.98. The SMILES string of the molecule is CC(C)CC(=O)N(Cc1ccc(OS(=O)(=O)C(C)C)cc1)C1CC1. The lowest BCUT2D eigenvalue weighted by Crippen LogP contribution is -2.33. The molecule has 1 aromatic carbocycles. The van der Waals surface area contributed by atoms with E-state index < -0.39 is 15.4 Å². The van der Waals surface area contributed by atoms with E-state index in [0.29, 0.717) is 30.7 Å². The lowest BCUT2D eigenvalue weighted by molar-refractivity contribution is -0.133. The number of nitrogens with zero attached hydrogens (tertiary/aromatic N) is 1. The molecule has 1 amide bonds. The lowest BCUT2D eigenvalue weighted by Gasteiger charge is -2.23. The summed E-state index contributed by atoms with van der Waals surface area (Å²) in [4.78, 5) is 14.3. The second-order valence-corrected chi connectivity index (χ2v) is 9.21. The number of benzene rings is 1. The molecule has 0 atom stereocenters. The van der Waals surface area contributed by atoms with Crippen LogP contribution in [0.25, 0.3) is 0 Å². The van der Waals surface area contributed by atoms with Crippen LogP contribution in [0.1, 0.15) is 52.5 Å². The summed E-state index contributed by atoms with van der Waals surface area (Å²) in [5.41, 5.74) is 0.980. The minimum Gasteiger partial charge on any atom is -0.382 e. The van der Waals surface area contributed by atoms with E-state index in [1.165, 1.54) is 0 Å². The number of rotatable bonds is 8. The van der Waals surface area contributed by atoms with Crippen molar-refractivity contribution in [1.29, 1.82) is 0 Å². The smallest absolute Gasteiger partial charge is 0.311 e. The summed E-state index contributed by atoms with van der Waals surface area (Å²) in [6, 6.07) is 7.29. The third kappa shape index (κ3) is 5.23. The Morgan fingerprint density at radius 2 is 1.75 bits per heavy atom. The quantitative estimate of drug-likeness (QED) is 0.673. The van der Waals surface area contributed by atoms with E-state index in [1.807, 2.05) is 30.9 Å². The molecule has 0 spiro atoms. The molecule has 0 heterocycles. The van der Waals surface area contributed by atoms with Crippen LogP contribution in [0.2, 0.25) is 0 Å². The Morgan fingerprint density at radius 3 is 2.21 bits per heavy atom. The Kier molecular flexibility index (Phi) is 5.91. The summed E-state index contributed by atoms with van der Waals surface area (Å²) in [6.07, 6.45) is 2.69. The zero-order chi connectivity index (χ0) is 17.9. The maximum atomic E-state index is 12.4. The van der Waals surface area contributed by atoms with E-state index in [-0.39, 0.29) is 5.91 Å². The van der Waals surface area contributed by atoms with E-state index in [0.717, 1.165) is 18.4 Å². The molecule has 0 N–H and O–H groups in total. The highest BCUT2D eigenvalue weighted by Gasteiger charge is 2.32. The molecule has 6 heteroatoms. The van der Waals surface area contributed by atoms with Crippen molar-refractivity contribution in [3.8, 4) is 5.75 Å². The number of hydrogen-bond acceptors (Lipinski definition) is 4. The molecule has 1 aliphatic carbocycles. The second-order valence-electron chi connectivity index (χ2n) is 7.12. The average molecular weight is 353 g/mol. The van der Waals surface area contributed by atoms with Crippen molar-refractivity contribution >= 4 is 16.0 Å². The molecule has 1 aliphatic rings. The van der Waals surface area contributed by atoms with Gasteiger partial charge in [0.25, 0.3) is 0 Å². The van der Waals surface area contributed by atoms with Gasteiger partial charge in [-0.3, -0.25) is 4.79 Å². The van der Waals surface area contributed by atoms with Gasteiger partial charge in [0.2, 0.25) is 5.91 Å². The first kappa shape index (κ1) is 18.8. The predicted molar refractivity (Wildman–Crippen MR) is 94.2 cm³/mol. The fourth-order valence-electron chi connectivity index (χ4n) is 2.35. The number of amides is 1. The molecule has 1 fully saturated rings. The maximum absolute atomic E-state index is 12.4. The fraction of sp³-hybridized carbons (Fsp3) is 0.611.